The number of carbonyl (C=O) groups is 2. The van der Waals surface area contributed by atoms with E-state index in [0.717, 1.165) is 106 Å². The van der Waals surface area contributed by atoms with E-state index in [1.54, 1.807) is 6.07 Å². The van der Waals surface area contributed by atoms with Crippen LogP contribution in [0.2, 0.25) is 5.02 Å². The van der Waals surface area contributed by atoms with E-state index >= 15 is 0 Å². The van der Waals surface area contributed by atoms with E-state index in [0.29, 0.717) is 34.1 Å². The van der Waals surface area contributed by atoms with Crippen molar-refractivity contribution in [2.75, 3.05) is 43.5 Å². The number of amides is 2. The minimum Gasteiger partial charge on any atom is -0.381 e. The number of nitrogens with one attached hydrogen (secondary N) is 2. The Morgan fingerprint density at radius 3 is 2.28 bits per heavy atom. The molecule has 0 unspecified atom stereocenters. The molecule has 0 spiro atoms. The predicted octanol–water partition coefficient (Wildman–Crippen LogP) is 4.89. The van der Waals surface area contributed by atoms with Crippen LogP contribution < -0.4 is 10.6 Å². The number of hydrogen-bond donors (Lipinski definition) is 2. The summed E-state index contributed by atoms with van der Waals surface area (Å²) in [7, 11) is 3.81. The molecule has 11 nitrogen and oxygen atoms in total. The Morgan fingerprint density at radius 1 is 0.894 bits per heavy atom. The molecule has 7 rings (SSSR count). The second kappa shape index (κ2) is 13.2. The third-order valence-electron chi connectivity index (χ3n) is 9.86. The van der Waals surface area contributed by atoms with Crippen molar-refractivity contribution in [1.82, 2.24) is 28.9 Å². The number of anilines is 2. The summed E-state index contributed by atoms with van der Waals surface area (Å²) in [4.78, 5) is 41.1. The zero-order valence-corrected chi connectivity index (χ0v) is 27.9. The largest absolute Gasteiger partial charge is 0.381 e. The number of aromatic nitrogens is 4. The molecule has 0 saturated carbocycles. The second-order valence-electron chi connectivity index (χ2n) is 12.6. The van der Waals surface area contributed by atoms with Crippen LogP contribution in [0.25, 0.3) is 11.1 Å². The van der Waals surface area contributed by atoms with E-state index in [9.17, 15) is 9.59 Å². The topological polar surface area (TPSA) is 110 Å². The molecule has 2 N–H and O–H groups in total. The van der Waals surface area contributed by atoms with Crippen LogP contribution in [0.4, 0.5) is 11.4 Å². The van der Waals surface area contributed by atoms with Gasteiger partial charge in [-0.05, 0) is 43.1 Å². The Kier molecular flexibility index (Phi) is 8.89. The minimum atomic E-state index is -0.307. The van der Waals surface area contributed by atoms with E-state index in [4.69, 9.17) is 21.3 Å². The molecule has 0 radical (unpaired) electrons. The highest BCUT2D eigenvalue weighted by Crippen LogP contribution is 2.35. The lowest BCUT2D eigenvalue weighted by molar-refractivity contribution is 0.0283. The monoisotopic (exact) mass is 656 g/mol. The van der Waals surface area contributed by atoms with Gasteiger partial charge in [0.25, 0.3) is 11.8 Å². The van der Waals surface area contributed by atoms with Crippen LogP contribution in [-0.4, -0.2) is 79.6 Å². The zero-order valence-electron chi connectivity index (χ0n) is 27.2. The Balaban J connectivity index is 1.06. The number of imidazole rings is 2. The lowest BCUT2D eigenvalue weighted by Crippen LogP contribution is -2.42. The van der Waals surface area contributed by atoms with Gasteiger partial charge in [-0.3, -0.25) is 19.4 Å². The molecule has 1 fully saturated rings. The summed E-state index contributed by atoms with van der Waals surface area (Å²) in [6.45, 7) is 8.10. The van der Waals surface area contributed by atoms with Gasteiger partial charge in [0, 0.05) is 95.0 Å². The average molecular weight is 657 g/mol. The molecule has 2 aromatic carbocycles. The van der Waals surface area contributed by atoms with E-state index in [1.807, 2.05) is 59.6 Å². The summed E-state index contributed by atoms with van der Waals surface area (Å²) in [6.07, 6.45) is 3.80. The molecule has 1 saturated heterocycles. The number of nitrogens with zero attached hydrogens (tertiary/aromatic N) is 6. The van der Waals surface area contributed by atoms with Crippen LogP contribution >= 0.6 is 11.6 Å². The molecule has 3 aliphatic heterocycles. The van der Waals surface area contributed by atoms with Gasteiger partial charge in [0.05, 0.1) is 22.1 Å². The smallest absolute Gasteiger partial charge is 0.291 e. The highest BCUT2D eigenvalue weighted by Gasteiger charge is 2.30. The standard InChI is InChI=1S/C35H41ClN8O3/c1-4-43-15-11-29-27(20-43)38-33(41(29)2)35(46)40-26-10-6-9-25(31(26)36)22-7-5-8-23(19-22)37-34(45)32-39-28-21-44(16-12-30(28)42(32)3)24-13-17-47-18-14-24/h5-10,19,24H,4,11-18,20-21H2,1-3H3,(H,37,45)(H,40,46). The number of ether oxygens (including phenoxy) is 1. The maximum absolute atomic E-state index is 13.5. The Morgan fingerprint density at radius 2 is 1.55 bits per heavy atom. The van der Waals surface area contributed by atoms with Crippen molar-refractivity contribution in [1.29, 1.82) is 0 Å². The average Bonchev–Trinajstić information content (AvgIpc) is 3.61. The first kappa shape index (κ1) is 31.6. The molecule has 0 aliphatic carbocycles. The summed E-state index contributed by atoms with van der Waals surface area (Å²) in [6, 6.07) is 13.6. The highest BCUT2D eigenvalue weighted by atomic mass is 35.5. The fourth-order valence-electron chi connectivity index (χ4n) is 7.15. The van der Waals surface area contributed by atoms with Crippen molar-refractivity contribution in [2.45, 2.75) is 51.7 Å². The number of hydrogen-bond acceptors (Lipinski definition) is 7. The van der Waals surface area contributed by atoms with Gasteiger partial charge in [0.15, 0.2) is 11.6 Å². The van der Waals surface area contributed by atoms with Gasteiger partial charge in [-0.1, -0.05) is 42.8 Å². The Hall–Kier alpha value is -4.03. The van der Waals surface area contributed by atoms with Crippen LogP contribution in [0.3, 0.4) is 0 Å². The molecule has 5 heterocycles. The molecule has 12 heteroatoms. The molecule has 4 aromatic rings. The second-order valence-corrected chi connectivity index (χ2v) is 13.0. The molecule has 0 atom stereocenters. The lowest BCUT2D eigenvalue weighted by atomic mass is 10.0. The first-order valence-corrected chi connectivity index (χ1v) is 16.8. The van der Waals surface area contributed by atoms with E-state index in [-0.39, 0.29) is 11.8 Å². The molecule has 47 heavy (non-hydrogen) atoms. The van der Waals surface area contributed by atoms with Gasteiger partial charge < -0.3 is 24.5 Å². The summed E-state index contributed by atoms with van der Waals surface area (Å²) >= 11 is 6.89. The van der Waals surface area contributed by atoms with Crippen molar-refractivity contribution < 1.29 is 14.3 Å². The lowest BCUT2D eigenvalue weighted by Gasteiger charge is -2.36. The molecule has 3 aliphatic rings. The maximum Gasteiger partial charge on any atom is 0.291 e. The molecular formula is C35H41ClN8O3. The van der Waals surface area contributed by atoms with Gasteiger partial charge in [-0.2, -0.15) is 0 Å². The van der Waals surface area contributed by atoms with Gasteiger partial charge in [-0.15, -0.1) is 0 Å². The number of likely N-dealkylation sites (N-methyl/N-ethyl adjacent to an activating group) is 1. The quantitative estimate of drug-likeness (QED) is 0.292. The molecular weight excluding hydrogens is 616 g/mol. The maximum atomic E-state index is 13.5. The van der Waals surface area contributed by atoms with Crippen molar-refractivity contribution in [3.63, 3.8) is 0 Å². The summed E-state index contributed by atoms with van der Waals surface area (Å²) < 4.78 is 9.37. The van der Waals surface area contributed by atoms with Crippen LogP contribution in [0.5, 0.6) is 0 Å². The summed E-state index contributed by atoms with van der Waals surface area (Å²) in [5.74, 6) is 0.198. The zero-order chi connectivity index (χ0) is 32.7. The Bertz CT molecular complexity index is 1830. The van der Waals surface area contributed by atoms with E-state index in [2.05, 4.69) is 32.3 Å². The molecule has 2 amide bonds. The number of carbonyl (C=O) groups excluding carboxylic acids is 2. The number of benzene rings is 2. The van der Waals surface area contributed by atoms with Gasteiger partial charge in [0.2, 0.25) is 0 Å². The fourth-order valence-corrected chi connectivity index (χ4v) is 7.43. The van der Waals surface area contributed by atoms with Crippen LogP contribution in [-0.2, 0) is 44.8 Å². The minimum absolute atomic E-state index is 0.261. The normalized spacial score (nSPS) is 17.3. The summed E-state index contributed by atoms with van der Waals surface area (Å²) in [5, 5.41) is 6.42. The predicted molar refractivity (Wildman–Crippen MR) is 182 cm³/mol. The fraction of sp³-hybridized carbons (Fsp3) is 0.429. The SMILES string of the molecule is CCN1CCc2c(nc(C(=O)Nc3cccc(-c4cccc(NC(=O)c5nc6c(n5C)CCN(C5CCOCC5)C6)c4)c3Cl)n2C)C1. The third kappa shape index (κ3) is 6.20. The van der Waals surface area contributed by atoms with Gasteiger partial charge in [0.1, 0.15) is 0 Å². The molecule has 246 valence electrons. The Labute approximate surface area is 279 Å². The number of rotatable bonds is 7. The van der Waals surface area contributed by atoms with E-state index in [1.165, 1.54) is 0 Å². The molecule has 2 aromatic heterocycles. The first-order chi connectivity index (χ1) is 22.8. The third-order valence-corrected chi connectivity index (χ3v) is 10.3. The van der Waals surface area contributed by atoms with Crippen LogP contribution in [0, 0.1) is 0 Å². The van der Waals surface area contributed by atoms with Crippen LogP contribution in [0.1, 0.15) is 63.8 Å². The van der Waals surface area contributed by atoms with Gasteiger partial charge >= 0.3 is 0 Å². The highest BCUT2D eigenvalue weighted by molar-refractivity contribution is 6.36. The van der Waals surface area contributed by atoms with Crippen molar-refractivity contribution >= 4 is 34.8 Å². The number of fused-ring (bicyclic) bond motifs is 2. The molecule has 0 bridgehead atoms. The van der Waals surface area contributed by atoms with Gasteiger partial charge in [-0.25, -0.2) is 9.97 Å². The number of halogens is 1. The van der Waals surface area contributed by atoms with Crippen molar-refractivity contribution in [3.8, 4) is 11.1 Å². The van der Waals surface area contributed by atoms with Crippen molar-refractivity contribution in [3.05, 3.63) is 81.9 Å². The van der Waals surface area contributed by atoms with Crippen molar-refractivity contribution in [2.24, 2.45) is 14.1 Å². The summed E-state index contributed by atoms with van der Waals surface area (Å²) in [5.41, 5.74) is 6.81. The van der Waals surface area contributed by atoms with E-state index < -0.39 is 0 Å². The van der Waals surface area contributed by atoms with Crippen LogP contribution in [0.15, 0.2) is 42.5 Å². The first-order valence-electron chi connectivity index (χ1n) is 16.5.